The maximum Gasteiger partial charge on any atom is 0.148 e. The van der Waals surface area contributed by atoms with Crippen LogP contribution in [0.4, 0.5) is 0 Å². The average molecular weight is 969 g/mol. The fourth-order valence-electron chi connectivity index (χ4n) is 6.97. The molecule has 5 heteroatoms. The number of hydrogen-bond donors (Lipinski definition) is 1. The second-order valence-electron chi connectivity index (χ2n) is 15.9. The Morgan fingerprint density at radius 1 is 0.729 bits per heavy atom. The molecule has 0 amide bonds. The molecule has 6 aromatic carbocycles. The van der Waals surface area contributed by atoms with E-state index in [0.29, 0.717) is 55.5 Å². The predicted octanol–water partition coefficient (Wildman–Crippen LogP) is 14.4. The molecular formula is C54H52N3OPt-. The summed E-state index contributed by atoms with van der Waals surface area (Å²) in [6.45, 7) is 7.19. The number of aromatic nitrogens is 3. The Bertz CT molecular complexity index is 3480. The van der Waals surface area contributed by atoms with E-state index >= 15 is 0 Å². The fourth-order valence-corrected chi connectivity index (χ4v) is 6.97. The molecule has 0 fully saturated rings. The van der Waals surface area contributed by atoms with Gasteiger partial charge in [0, 0.05) is 43.9 Å². The van der Waals surface area contributed by atoms with Crippen LogP contribution >= 0.6 is 0 Å². The predicted molar refractivity (Wildman–Crippen MR) is 243 cm³/mol. The van der Waals surface area contributed by atoms with E-state index in [-0.39, 0.29) is 55.1 Å². The van der Waals surface area contributed by atoms with Crippen molar-refractivity contribution >= 4 is 11.0 Å². The average Bonchev–Trinajstić information content (AvgIpc) is 3.68. The number of benzene rings is 6. The Balaban J connectivity index is 0.00000800. The van der Waals surface area contributed by atoms with Crippen molar-refractivity contribution in [3.8, 4) is 67.5 Å². The van der Waals surface area contributed by atoms with Crippen molar-refractivity contribution in [1.82, 2.24) is 14.5 Å². The Hall–Kier alpha value is -5.57. The molecule has 59 heavy (non-hydrogen) atoms. The fraction of sp³-hybridized carbons (Fsp3) is 0.222. The van der Waals surface area contributed by atoms with E-state index in [2.05, 4.69) is 11.1 Å². The SMILES string of the molecule is [2H]c1nc(-c2[c-]c(-c3cccc4c3nc(-c3ccccc3O)n4-c3ccc(-c4cc(C([2H])(C)C)cc(C([2H])(C)C)c4)cc3C([2H])([2H])[2H])cc(C(C)(C)C)c2)c([2H])c(-c2c([2H])c([2H])c(C([2H])([2H])[2H])c([2H])c2[2H])c1[2H].[Pt]. The van der Waals surface area contributed by atoms with Crippen molar-refractivity contribution < 1.29 is 46.7 Å². The largest absolute Gasteiger partial charge is 0.507 e. The van der Waals surface area contributed by atoms with Crippen LogP contribution in [0.3, 0.4) is 0 Å². The van der Waals surface area contributed by atoms with Gasteiger partial charge in [0.25, 0.3) is 0 Å². The molecule has 4 nitrogen and oxygen atoms in total. The van der Waals surface area contributed by atoms with E-state index in [4.69, 9.17) is 24.2 Å². The van der Waals surface area contributed by atoms with Crippen LogP contribution in [0.1, 0.15) is 109 Å². The molecule has 0 atom stereocenters. The van der Waals surface area contributed by atoms with Crippen molar-refractivity contribution in [3.63, 3.8) is 0 Å². The summed E-state index contributed by atoms with van der Waals surface area (Å²) in [5.74, 6) is -1.97. The number of phenolic OH excluding ortho intramolecular Hbond substituents is 1. The summed E-state index contributed by atoms with van der Waals surface area (Å²) in [4.78, 5) is 9.51. The van der Waals surface area contributed by atoms with Crippen LogP contribution < -0.4 is 0 Å². The zero-order chi connectivity index (χ0) is 53.8. The minimum Gasteiger partial charge on any atom is -0.507 e. The van der Waals surface area contributed by atoms with Crippen molar-refractivity contribution in [1.29, 1.82) is 0 Å². The number of fused-ring (bicyclic) bond motifs is 1. The third kappa shape index (κ3) is 8.34. The Kier molecular flexibility index (Phi) is 7.45. The van der Waals surface area contributed by atoms with E-state index in [1.807, 2.05) is 45.0 Å². The van der Waals surface area contributed by atoms with Crippen LogP contribution in [0.15, 0.2) is 133 Å². The van der Waals surface area contributed by atoms with E-state index in [9.17, 15) is 6.48 Å². The molecule has 0 spiro atoms. The summed E-state index contributed by atoms with van der Waals surface area (Å²) in [5, 5.41) is 11.4. The molecule has 0 bridgehead atoms. The Morgan fingerprint density at radius 3 is 2.12 bits per heavy atom. The zero-order valence-electron chi connectivity index (χ0n) is 48.8. The van der Waals surface area contributed by atoms with Gasteiger partial charge in [-0.3, -0.25) is 9.55 Å². The van der Waals surface area contributed by atoms with Crippen molar-refractivity contribution in [2.24, 2.45) is 0 Å². The van der Waals surface area contributed by atoms with Gasteiger partial charge in [0.2, 0.25) is 0 Å². The molecule has 2 aromatic heterocycles. The molecule has 0 saturated carbocycles. The molecule has 0 saturated heterocycles. The zero-order valence-corrected chi connectivity index (χ0v) is 36.0. The molecule has 300 valence electrons. The Morgan fingerprint density at radius 2 is 1.44 bits per heavy atom. The van der Waals surface area contributed by atoms with Crippen LogP contribution in [0.5, 0.6) is 5.75 Å². The summed E-state index contributed by atoms with van der Waals surface area (Å²) >= 11 is 0. The van der Waals surface area contributed by atoms with Crippen LogP contribution in [-0.4, -0.2) is 19.6 Å². The standard InChI is InChI=1S/C54H52N3O.Pt/c1-33(2)40-26-41(34(3)4)28-42(27-40)38-21-22-49(36(6)25-38)57-50-15-12-14-46(52(50)56-53(57)47-13-10-11-16-51(47)58)43-29-44(31-45(30-43)54(7,8)9)48-32-39(23-24-55-48)37-19-17-35(5)18-20-37;/h10-28,30-34,58H,1-9H3;/q-1;/i5D3,6D3,17D,18D,19D,20D,23D,24D,32D,33D,34D;. The molecule has 0 aliphatic heterocycles. The third-order valence-corrected chi connectivity index (χ3v) is 10.2. The second-order valence-corrected chi connectivity index (χ2v) is 15.9. The first kappa shape index (κ1) is 26.5. The summed E-state index contributed by atoms with van der Waals surface area (Å²) in [5.41, 5.74) is 3.06. The van der Waals surface area contributed by atoms with Crippen LogP contribution in [0, 0.1) is 19.8 Å². The van der Waals surface area contributed by atoms with E-state index in [0.717, 1.165) is 0 Å². The number of hydrogen-bond acceptors (Lipinski definition) is 3. The molecule has 8 rings (SSSR count). The first-order valence-corrected chi connectivity index (χ1v) is 19.0. The van der Waals surface area contributed by atoms with Gasteiger partial charge in [-0.05, 0) is 106 Å². The van der Waals surface area contributed by atoms with E-state index in [1.54, 1.807) is 92.9 Å². The minimum atomic E-state index is -3.00. The maximum atomic E-state index is 11.4. The summed E-state index contributed by atoms with van der Waals surface area (Å²) in [7, 11) is 0. The Labute approximate surface area is 385 Å². The minimum absolute atomic E-state index is 0. The summed E-state index contributed by atoms with van der Waals surface area (Å²) in [6.07, 6.45) is -0.647. The van der Waals surface area contributed by atoms with Crippen LogP contribution in [-0.2, 0) is 26.5 Å². The van der Waals surface area contributed by atoms with Gasteiger partial charge in [0.05, 0.1) is 31.9 Å². The number of aryl methyl sites for hydroxylation is 1. The molecule has 0 radical (unpaired) electrons. The first-order valence-electron chi connectivity index (χ1n) is 26.5. The van der Waals surface area contributed by atoms with Gasteiger partial charge < -0.3 is 5.11 Å². The monoisotopic (exact) mass is 968 g/mol. The topological polar surface area (TPSA) is 50.9 Å². The molecule has 0 aliphatic rings. The smallest absolute Gasteiger partial charge is 0.148 e. The maximum absolute atomic E-state index is 11.4. The van der Waals surface area contributed by atoms with Crippen LogP contribution in [0.2, 0.25) is 0 Å². The number of nitrogens with zero attached hydrogens (tertiary/aromatic N) is 3. The van der Waals surface area contributed by atoms with E-state index < -0.39 is 90.0 Å². The van der Waals surface area contributed by atoms with Crippen LogP contribution in [0.25, 0.3) is 72.7 Å². The summed E-state index contributed by atoms with van der Waals surface area (Å²) < 4.78 is 132. The molecule has 0 aliphatic carbocycles. The molecule has 0 unspecified atom stereocenters. The van der Waals surface area contributed by atoms with E-state index in [1.165, 1.54) is 6.07 Å². The van der Waals surface area contributed by atoms with Gasteiger partial charge in [-0.15, -0.1) is 29.3 Å². The van der Waals surface area contributed by atoms with Gasteiger partial charge >= 0.3 is 0 Å². The van der Waals surface area contributed by atoms with Crippen molar-refractivity contribution in [2.45, 2.75) is 79.4 Å². The number of rotatable bonds is 8. The molecule has 2 heterocycles. The van der Waals surface area contributed by atoms with Crippen molar-refractivity contribution in [3.05, 3.63) is 167 Å². The third-order valence-electron chi connectivity index (χ3n) is 10.2. The number of para-hydroxylation sites is 2. The summed E-state index contributed by atoms with van der Waals surface area (Å²) in [6, 6.07) is 24.9. The molecule has 1 N–H and O–H groups in total. The number of imidazole rings is 1. The number of aromatic hydroxyl groups is 1. The van der Waals surface area contributed by atoms with Gasteiger partial charge in [-0.1, -0.05) is 144 Å². The number of pyridine rings is 1. The van der Waals surface area contributed by atoms with Crippen molar-refractivity contribution in [2.75, 3.05) is 0 Å². The quantitative estimate of drug-likeness (QED) is 0.154. The first-order chi connectivity index (χ1) is 33.7. The van der Waals surface area contributed by atoms with Gasteiger partial charge in [-0.25, -0.2) is 4.98 Å². The second kappa shape index (κ2) is 16.6. The number of phenols is 1. The van der Waals surface area contributed by atoms with Gasteiger partial charge in [-0.2, -0.15) is 0 Å². The van der Waals surface area contributed by atoms with Gasteiger partial charge in [0.1, 0.15) is 11.6 Å². The molecule has 8 aromatic rings. The molecular weight excluding hydrogens is 902 g/mol. The van der Waals surface area contributed by atoms with Gasteiger partial charge in [0.15, 0.2) is 0 Å². The normalized spacial score (nSPS) is 16.2.